The van der Waals surface area contributed by atoms with Crippen LogP contribution in [-0.2, 0) is 11.2 Å². The molecule has 0 saturated heterocycles. The number of hydrogen-bond acceptors (Lipinski definition) is 6. The van der Waals surface area contributed by atoms with E-state index in [2.05, 4.69) is 6.07 Å². The van der Waals surface area contributed by atoms with Crippen LogP contribution in [0.15, 0.2) is 84.3 Å². The zero-order valence-electron chi connectivity index (χ0n) is 17.6. The lowest BCUT2D eigenvalue weighted by atomic mass is 9.83. The van der Waals surface area contributed by atoms with Crippen molar-refractivity contribution in [1.29, 1.82) is 5.26 Å². The molecule has 1 aliphatic heterocycles. The zero-order valence-corrected chi connectivity index (χ0v) is 17.6. The molecule has 1 unspecified atom stereocenters. The molecule has 160 valence electrons. The largest absolute Gasteiger partial charge is 0.494 e. The smallest absolute Gasteiger partial charge is 0.315 e. The van der Waals surface area contributed by atoms with Crippen molar-refractivity contribution < 1.29 is 19.0 Å². The van der Waals surface area contributed by atoms with Gasteiger partial charge in [-0.2, -0.15) is 5.26 Å². The number of fused-ring (bicyclic) bond motifs is 1. The molecule has 0 saturated carbocycles. The molecule has 2 N–H and O–H groups in total. The second-order valence-corrected chi connectivity index (χ2v) is 7.23. The Labute approximate surface area is 186 Å². The first kappa shape index (κ1) is 21.0. The van der Waals surface area contributed by atoms with Crippen LogP contribution < -0.4 is 19.9 Å². The van der Waals surface area contributed by atoms with E-state index in [1.807, 2.05) is 61.5 Å². The van der Waals surface area contributed by atoms with Gasteiger partial charge in [-0.1, -0.05) is 54.6 Å². The van der Waals surface area contributed by atoms with Gasteiger partial charge in [0.2, 0.25) is 5.88 Å². The van der Waals surface area contributed by atoms with E-state index in [0.29, 0.717) is 29.4 Å². The molecule has 1 atom stereocenters. The number of carbonyl (C=O) groups excluding carboxylic acids is 1. The van der Waals surface area contributed by atoms with Crippen molar-refractivity contribution >= 4 is 5.97 Å². The first-order valence-corrected chi connectivity index (χ1v) is 10.3. The van der Waals surface area contributed by atoms with Crippen LogP contribution in [0.2, 0.25) is 0 Å². The lowest BCUT2D eigenvalue weighted by Gasteiger charge is -2.27. The number of carbonyl (C=O) groups is 1. The van der Waals surface area contributed by atoms with Gasteiger partial charge in [0, 0.05) is 17.2 Å². The number of allylic oxidation sites excluding steroid dienone is 1. The number of nitriles is 1. The van der Waals surface area contributed by atoms with Crippen molar-refractivity contribution in [1.82, 2.24) is 0 Å². The molecule has 0 spiro atoms. The maximum atomic E-state index is 12.4. The predicted octanol–water partition coefficient (Wildman–Crippen LogP) is 4.45. The molecule has 1 aliphatic rings. The number of nitrogens with two attached hydrogens (primary N) is 1. The highest BCUT2D eigenvalue weighted by atomic mass is 16.5. The summed E-state index contributed by atoms with van der Waals surface area (Å²) in [6.45, 7) is 2.39. The van der Waals surface area contributed by atoms with Gasteiger partial charge in [0.1, 0.15) is 28.9 Å². The fraction of sp³-hybridized carbons (Fsp3) is 0.154. The van der Waals surface area contributed by atoms with Crippen LogP contribution in [-0.4, -0.2) is 12.6 Å². The Balaban J connectivity index is 1.66. The molecular weight excluding hydrogens is 404 g/mol. The topological polar surface area (TPSA) is 94.6 Å². The summed E-state index contributed by atoms with van der Waals surface area (Å²) < 4.78 is 17.0. The summed E-state index contributed by atoms with van der Waals surface area (Å²) >= 11 is 0. The molecule has 0 aliphatic carbocycles. The van der Waals surface area contributed by atoms with E-state index in [1.54, 1.807) is 18.2 Å². The second-order valence-electron chi connectivity index (χ2n) is 7.23. The maximum absolute atomic E-state index is 12.4. The number of para-hydroxylation sites is 1. The van der Waals surface area contributed by atoms with Crippen LogP contribution in [0.5, 0.6) is 17.2 Å². The van der Waals surface area contributed by atoms with E-state index in [4.69, 9.17) is 19.9 Å². The van der Waals surface area contributed by atoms with Gasteiger partial charge in [-0.15, -0.1) is 0 Å². The molecule has 3 aromatic rings. The van der Waals surface area contributed by atoms with Crippen molar-refractivity contribution in [2.24, 2.45) is 5.73 Å². The average Bonchev–Trinajstić information content (AvgIpc) is 2.79. The highest BCUT2D eigenvalue weighted by molar-refractivity contribution is 5.75. The summed E-state index contributed by atoms with van der Waals surface area (Å²) in [6, 6.07) is 24.2. The predicted molar refractivity (Wildman–Crippen MR) is 119 cm³/mol. The maximum Gasteiger partial charge on any atom is 0.315 e. The van der Waals surface area contributed by atoms with Gasteiger partial charge in [0.15, 0.2) is 0 Å². The van der Waals surface area contributed by atoms with Gasteiger partial charge < -0.3 is 19.9 Å². The highest BCUT2D eigenvalue weighted by Gasteiger charge is 2.32. The zero-order chi connectivity index (χ0) is 22.5. The van der Waals surface area contributed by atoms with E-state index < -0.39 is 5.92 Å². The molecule has 1 heterocycles. The van der Waals surface area contributed by atoms with E-state index in [1.165, 1.54) is 0 Å². The van der Waals surface area contributed by atoms with Crippen molar-refractivity contribution in [3.8, 4) is 23.3 Å². The van der Waals surface area contributed by atoms with Crippen LogP contribution in [0, 0.1) is 11.3 Å². The Morgan fingerprint density at radius 2 is 1.81 bits per heavy atom. The minimum atomic E-state index is -0.458. The van der Waals surface area contributed by atoms with Gasteiger partial charge in [-0.3, -0.25) is 4.79 Å². The first-order valence-electron chi connectivity index (χ1n) is 10.3. The third kappa shape index (κ3) is 4.28. The fourth-order valence-corrected chi connectivity index (χ4v) is 3.75. The SMILES string of the molecule is CCOc1ccccc1C1C(C#N)=C(N)Oc2cc(OC(=O)Cc3ccccc3)ccc21. The number of hydrogen-bond donors (Lipinski definition) is 1. The molecule has 6 heteroatoms. The molecule has 0 radical (unpaired) electrons. The van der Waals surface area contributed by atoms with Gasteiger partial charge in [-0.25, -0.2) is 0 Å². The summed E-state index contributed by atoms with van der Waals surface area (Å²) in [4.78, 5) is 12.4. The molecule has 0 aromatic heterocycles. The Kier molecular flexibility index (Phi) is 6.09. The van der Waals surface area contributed by atoms with E-state index >= 15 is 0 Å². The van der Waals surface area contributed by atoms with Crippen LogP contribution in [0.1, 0.15) is 29.5 Å². The fourth-order valence-electron chi connectivity index (χ4n) is 3.75. The minimum absolute atomic E-state index is 0.0177. The number of nitrogens with zero attached hydrogens (tertiary/aromatic N) is 1. The van der Waals surface area contributed by atoms with Crippen LogP contribution >= 0.6 is 0 Å². The van der Waals surface area contributed by atoms with Crippen LogP contribution in [0.25, 0.3) is 0 Å². The molecule has 32 heavy (non-hydrogen) atoms. The van der Waals surface area contributed by atoms with Gasteiger partial charge >= 0.3 is 5.97 Å². The first-order chi connectivity index (χ1) is 15.6. The van der Waals surface area contributed by atoms with Gasteiger partial charge in [0.05, 0.1) is 18.9 Å². The average molecular weight is 426 g/mol. The number of rotatable bonds is 6. The normalized spacial score (nSPS) is 14.7. The second kappa shape index (κ2) is 9.27. The molecule has 4 rings (SSSR count). The summed E-state index contributed by atoms with van der Waals surface area (Å²) in [5, 5.41) is 9.78. The molecule has 6 nitrogen and oxygen atoms in total. The summed E-state index contributed by atoms with van der Waals surface area (Å²) in [5.41, 5.74) is 8.82. The summed E-state index contributed by atoms with van der Waals surface area (Å²) in [7, 11) is 0. The summed E-state index contributed by atoms with van der Waals surface area (Å²) in [5.74, 6) is 0.625. The molecule has 0 fully saturated rings. The Morgan fingerprint density at radius 3 is 2.56 bits per heavy atom. The number of ether oxygens (including phenoxy) is 3. The molecule has 0 bridgehead atoms. The third-order valence-corrected chi connectivity index (χ3v) is 5.14. The molecular formula is C26H22N2O4. The Bertz CT molecular complexity index is 1210. The lowest BCUT2D eigenvalue weighted by molar-refractivity contribution is -0.133. The third-order valence-electron chi connectivity index (χ3n) is 5.14. The van der Waals surface area contributed by atoms with Crippen molar-refractivity contribution in [2.45, 2.75) is 19.3 Å². The monoisotopic (exact) mass is 426 g/mol. The molecule has 0 amide bonds. The highest BCUT2D eigenvalue weighted by Crippen LogP contribution is 2.45. The van der Waals surface area contributed by atoms with E-state index in [9.17, 15) is 10.1 Å². The quantitative estimate of drug-likeness (QED) is 0.462. The number of benzene rings is 3. The van der Waals surface area contributed by atoms with Crippen LogP contribution in [0.4, 0.5) is 0 Å². The van der Waals surface area contributed by atoms with E-state index in [0.717, 1.165) is 16.7 Å². The van der Waals surface area contributed by atoms with Crippen LogP contribution in [0.3, 0.4) is 0 Å². The van der Waals surface area contributed by atoms with Crippen molar-refractivity contribution in [2.75, 3.05) is 6.61 Å². The minimum Gasteiger partial charge on any atom is -0.494 e. The summed E-state index contributed by atoms with van der Waals surface area (Å²) in [6.07, 6.45) is 0.157. The van der Waals surface area contributed by atoms with Crippen molar-refractivity contribution in [3.63, 3.8) is 0 Å². The van der Waals surface area contributed by atoms with Crippen molar-refractivity contribution in [3.05, 3.63) is 101 Å². The van der Waals surface area contributed by atoms with Gasteiger partial charge in [0.25, 0.3) is 0 Å². The number of esters is 1. The molecule has 3 aromatic carbocycles. The van der Waals surface area contributed by atoms with E-state index in [-0.39, 0.29) is 18.3 Å². The van der Waals surface area contributed by atoms with Gasteiger partial charge in [-0.05, 0) is 24.6 Å². The standard InChI is InChI=1S/C26H22N2O4/c1-2-30-22-11-7-6-10-19(22)25-20-13-12-18(15-23(20)32-26(28)21(25)16-27)31-24(29)14-17-8-4-3-5-9-17/h3-13,15,25H,2,14,28H2,1H3. The Hall–Kier alpha value is -4.24. The Morgan fingerprint density at radius 1 is 1.06 bits per heavy atom. The lowest BCUT2D eigenvalue weighted by Crippen LogP contribution is -2.21.